The molecule has 0 amide bonds. The van der Waals surface area contributed by atoms with E-state index in [0.29, 0.717) is 18.3 Å². The fraction of sp³-hybridized carbons (Fsp3) is 0.818. The summed E-state index contributed by atoms with van der Waals surface area (Å²) in [7, 11) is 0. The molecule has 0 aliphatic carbocycles. The fourth-order valence-electron chi connectivity index (χ4n) is 1.86. The van der Waals surface area contributed by atoms with E-state index < -0.39 is 0 Å². The highest BCUT2D eigenvalue weighted by Gasteiger charge is 2.21. The number of piperidine rings is 1. The predicted molar refractivity (Wildman–Crippen MR) is 59.1 cm³/mol. The van der Waals surface area contributed by atoms with Gasteiger partial charge < -0.3 is 14.6 Å². The van der Waals surface area contributed by atoms with Crippen molar-refractivity contribution >= 4 is 0 Å². The van der Waals surface area contributed by atoms with Crippen LogP contribution in [0.4, 0.5) is 0 Å². The Bertz CT molecular complexity index is 308. The largest absolute Gasteiger partial charge is 0.373 e. The minimum atomic E-state index is 0.376. The van der Waals surface area contributed by atoms with Crippen LogP contribution in [0.2, 0.25) is 0 Å². The van der Waals surface area contributed by atoms with Gasteiger partial charge in [0.2, 0.25) is 5.89 Å². The van der Waals surface area contributed by atoms with Crippen LogP contribution < -0.4 is 5.32 Å². The fourth-order valence-corrected chi connectivity index (χ4v) is 1.86. The highest BCUT2D eigenvalue weighted by molar-refractivity contribution is 4.96. The van der Waals surface area contributed by atoms with E-state index in [1.807, 2.05) is 0 Å². The van der Waals surface area contributed by atoms with E-state index in [1.54, 1.807) is 0 Å². The SMILES string of the molecule is CCCOCc1noc([C@@H]2CCCNC2)n1. The number of nitrogens with one attached hydrogen (secondary N) is 1. The zero-order valence-electron chi connectivity index (χ0n) is 9.74. The van der Waals surface area contributed by atoms with E-state index in [0.717, 1.165) is 38.4 Å². The van der Waals surface area contributed by atoms with Gasteiger partial charge in [0.05, 0.1) is 5.92 Å². The van der Waals surface area contributed by atoms with Gasteiger partial charge in [-0.2, -0.15) is 4.98 Å². The van der Waals surface area contributed by atoms with E-state index in [9.17, 15) is 0 Å². The zero-order chi connectivity index (χ0) is 11.2. The molecule has 0 unspecified atom stereocenters. The van der Waals surface area contributed by atoms with Crippen LogP contribution in [-0.4, -0.2) is 29.8 Å². The number of rotatable bonds is 5. The van der Waals surface area contributed by atoms with Gasteiger partial charge in [-0.1, -0.05) is 12.1 Å². The maximum absolute atomic E-state index is 5.37. The van der Waals surface area contributed by atoms with Crippen molar-refractivity contribution in [2.45, 2.75) is 38.7 Å². The van der Waals surface area contributed by atoms with Crippen molar-refractivity contribution < 1.29 is 9.26 Å². The number of aromatic nitrogens is 2. The Labute approximate surface area is 95.6 Å². The summed E-state index contributed by atoms with van der Waals surface area (Å²) in [5.74, 6) is 1.79. The van der Waals surface area contributed by atoms with Crippen molar-refractivity contribution in [2.24, 2.45) is 0 Å². The molecule has 2 rings (SSSR count). The van der Waals surface area contributed by atoms with Gasteiger partial charge in [0.25, 0.3) is 0 Å². The second kappa shape index (κ2) is 5.96. The maximum Gasteiger partial charge on any atom is 0.231 e. The molecule has 1 aliphatic rings. The molecule has 1 atom stereocenters. The molecule has 90 valence electrons. The first kappa shape index (κ1) is 11.5. The third kappa shape index (κ3) is 3.02. The lowest BCUT2D eigenvalue weighted by Crippen LogP contribution is -2.28. The van der Waals surface area contributed by atoms with E-state index in [4.69, 9.17) is 9.26 Å². The molecular weight excluding hydrogens is 206 g/mol. The molecule has 1 aromatic heterocycles. The van der Waals surface area contributed by atoms with Crippen LogP contribution in [0.1, 0.15) is 43.8 Å². The monoisotopic (exact) mass is 225 g/mol. The van der Waals surface area contributed by atoms with Crippen molar-refractivity contribution in [1.29, 1.82) is 0 Å². The minimum absolute atomic E-state index is 0.376. The van der Waals surface area contributed by atoms with Crippen LogP contribution in [0.5, 0.6) is 0 Å². The molecule has 5 heteroatoms. The quantitative estimate of drug-likeness (QED) is 0.769. The van der Waals surface area contributed by atoms with Crippen LogP contribution in [0.15, 0.2) is 4.52 Å². The van der Waals surface area contributed by atoms with Crippen molar-refractivity contribution in [2.75, 3.05) is 19.7 Å². The van der Waals surface area contributed by atoms with Crippen LogP contribution in [-0.2, 0) is 11.3 Å². The van der Waals surface area contributed by atoms with Crippen molar-refractivity contribution in [1.82, 2.24) is 15.5 Å². The Morgan fingerprint density at radius 1 is 1.56 bits per heavy atom. The minimum Gasteiger partial charge on any atom is -0.373 e. The Kier molecular flexibility index (Phi) is 4.30. The number of hydrogen-bond donors (Lipinski definition) is 1. The molecule has 1 saturated heterocycles. The lowest BCUT2D eigenvalue weighted by atomic mass is 10.00. The second-order valence-electron chi connectivity index (χ2n) is 4.14. The van der Waals surface area contributed by atoms with Gasteiger partial charge in [0, 0.05) is 13.2 Å². The molecule has 1 N–H and O–H groups in total. The highest BCUT2D eigenvalue weighted by atomic mass is 16.5. The van der Waals surface area contributed by atoms with Gasteiger partial charge in [-0.15, -0.1) is 0 Å². The molecule has 0 saturated carbocycles. The average Bonchev–Trinajstić information content (AvgIpc) is 2.79. The van der Waals surface area contributed by atoms with Gasteiger partial charge in [-0.25, -0.2) is 0 Å². The molecule has 0 aromatic carbocycles. The first-order valence-electron chi connectivity index (χ1n) is 6.01. The molecule has 0 bridgehead atoms. The average molecular weight is 225 g/mol. The molecule has 16 heavy (non-hydrogen) atoms. The zero-order valence-corrected chi connectivity index (χ0v) is 9.74. The summed E-state index contributed by atoms with van der Waals surface area (Å²) in [5, 5.41) is 7.26. The number of hydrogen-bond acceptors (Lipinski definition) is 5. The summed E-state index contributed by atoms with van der Waals surface area (Å²) in [6, 6.07) is 0. The first-order chi connectivity index (χ1) is 7.90. The topological polar surface area (TPSA) is 60.2 Å². The summed E-state index contributed by atoms with van der Waals surface area (Å²) < 4.78 is 10.6. The third-order valence-corrected chi connectivity index (χ3v) is 2.71. The van der Waals surface area contributed by atoms with Crippen molar-refractivity contribution in [3.63, 3.8) is 0 Å². The Morgan fingerprint density at radius 3 is 3.25 bits per heavy atom. The lowest BCUT2D eigenvalue weighted by molar-refractivity contribution is 0.114. The summed E-state index contributed by atoms with van der Waals surface area (Å²) in [5.41, 5.74) is 0. The summed E-state index contributed by atoms with van der Waals surface area (Å²) >= 11 is 0. The van der Waals surface area contributed by atoms with Crippen LogP contribution in [0, 0.1) is 0 Å². The van der Waals surface area contributed by atoms with Crippen LogP contribution >= 0.6 is 0 Å². The molecular formula is C11H19N3O2. The van der Waals surface area contributed by atoms with Gasteiger partial charge in [-0.3, -0.25) is 0 Å². The Balaban J connectivity index is 1.85. The number of ether oxygens (including phenoxy) is 1. The maximum atomic E-state index is 5.37. The molecule has 0 radical (unpaired) electrons. The van der Waals surface area contributed by atoms with Crippen LogP contribution in [0.3, 0.4) is 0 Å². The Morgan fingerprint density at radius 2 is 2.50 bits per heavy atom. The van der Waals surface area contributed by atoms with E-state index in [1.165, 1.54) is 6.42 Å². The normalized spacial score (nSPS) is 21.2. The summed E-state index contributed by atoms with van der Waals surface area (Å²) in [4.78, 5) is 4.36. The van der Waals surface area contributed by atoms with Gasteiger partial charge >= 0.3 is 0 Å². The summed E-state index contributed by atoms with van der Waals surface area (Å²) in [6.07, 6.45) is 3.32. The van der Waals surface area contributed by atoms with Gasteiger partial charge in [0.1, 0.15) is 6.61 Å². The van der Waals surface area contributed by atoms with Crippen molar-refractivity contribution in [3.8, 4) is 0 Å². The molecule has 1 aliphatic heterocycles. The summed E-state index contributed by atoms with van der Waals surface area (Å²) in [6.45, 7) is 5.32. The smallest absolute Gasteiger partial charge is 0.231 e. The van der Waals surface area contributed by atoms with Crippen molar-refractivity contribution in [3.05, 3.63) is 11.7 Å². The molecule has 2 heterocycles. The second-order valence-corrected chi connectivity index (χ2v) is 4.14. The van der Waals surface area contributed by atoms with Crippen LogP contribution in [0.25, 0.3) is 0 Å². The van der Waals surface area contributed by atoms with E-state index >= 15 is 0 Å². The predicted octanol–water partition coefficient (Wildman–Crippen LogP) is 1.46. The molecule has 1 fully saturated rings. The van der Waals surface area contributed by atoms with Gasteiger partial charge in [-0.05, 0) is 25.8 Å². The standard InChI is InChI=1S/C11H19N3O2/c1-2-6-15-8-10-13-11(16-14-10)9-4-3-5-12-7-9/h9,12H,2-8H2,1H3/t9-/m1/s1. The highest BCUT2D eigenvalue weighted by Crippen LogP contribution is 2.21. The first-order valence-corrected chi connectivity index (χ1v) is 6.01. The van der Waals surface area contributed by atoms with E-state index in [-0.39, 0.29) is 0 Å². The third-order valence-electron chi connectivity index (χ3n) is 2.71. The van der Waals surface area contributed by atoms with Gasteiger partial charge in [0.15, 0.2) is 5.82 Å². The molecule has 1 aromatic rings. The molecule has 5 nitrogen and oxygen atoms in total. The molecule has 0 spiro atoms. The Hall–Kier alpha value is -0.940. The van der Waals surface area contributed by atoms with E-state index in [2.05, 4.69) is 22.4 Å². The number of nitrogens with zero attached hydrogens (tertiary/aromatic N) is 2. The lowest BCUT2D eigenvalue weighted by Gasteiger charge is -2.18.